The summed E-state index contributed by atoms with van der Waals surface area (Å²) < 4.78 is 7.38. The Morgan fingerprint density at radius 3 is 2.12 bits per heavy atom. The van der Waals surface area contributed by atoms with Crippen LogP contribution >= 0.6 is 0 Å². The number of aromatic amines is 1. The van der Waals surface area contributed by atoms with Crippen molar-refractivity contribution < 1.29 is 9.53 Å². The summed E-state index contributed by atoms with van der Waals surface area (Å²) in [6, 6.07) is 21.3. The molecule has 0 saturated heterocycles. The smallest absolute Gasteiger partial charge is 0.326 e. The van der Waals surface area contributed by atoms with Crippen molar-refractivity contribution in [1.82, 2.24) is 14.5 Å². The van der Waals surface area contributed by atoms with E-state index in [1.165, 1.54) is 0 Å². The van der Waals surface area contributed by atoms with Crippen LogP contribution in [0.5, 0.6) is 0 Å². The number of rotatable bonds is 4. The van der Waals surface area contributed by atoms with Gasteiger partial charge >= 0.3 is 5.97 Å². The molecule has 32 heavy (non-hydrogen) atoms. The summed E-state index contributed by atoms with van der Waals surface area (Å²) in [6.07, 6.45) is -0.753. The molecule has 2 aromatic heterocycles. The van der Waals surface area contributed by atoms with Crippen LogP contribution in [0.15, 0.2) is 82.4 Å². The number of hydrogen-bond donors (Lipinski definition) is 1. The van der Waals surface area contributed by atoms with Crippen molar-refractivity contribution in [2.75, 3.05) is 0 Å². The summed E-state index contributed by atoms with van der Waals surface area (Å²) in [5, 5.41) is 1.54. The lowest BCUT2D eigenvalue weighted by atomic mass is 10.1. The highest BCUT2D eigenvalue weighted by atomic mass is 16.5. The summed E-state index contributed by atoms with van der Waals surface area (Å²) in [6.45, 7) is 1.57. The van der Waals surface area contributed by atoms with E-state index in [1.807, 2.05) is 24.3 Å². The molecule has 0 bridgehead atoms. The molecule has 0 spiro atoms. The first-order valence-electron chi connectivity index (χ1n) is 10.2. The van der Waals surface area contributed by atoms with Gasteiger partial charge < -0.3 is 14.3 Å². The number of nitrogens with zero attached hydrogens (tertiary/aromatic N) is 2. The fraction of sp³-hybridized carbons (Fsp3) is 0.120. The molecular weight excluding hydrogens is 406 g/mol. The molecular formula is C25H19N3O4. The van der Waals surface area contributed by atoms with Gasteiger partial charge in [0, 0.05) is 10.8 Å². The van der Waals surface area contributed by atoms with Crippen LogP contribution < -0.4 is 11.0 Å². The maximum Gasteiger partial charge on any atom is 0.326 e. The molecule has 0 amide bonds. The molecule has 7 nitrogen and oxygen atoms in total. The van der Waals surface area contributed by atoms with Crippen molar-refractivity contribution in [2.24, 2.45) is 0 Å². The number of benzene rings is 3. The van der Waals surface area contributed by atoms with E-state index in [0.717, 1.165) is 0 Å². The van der Waals surface area contributed by atoms with Gasteiger partial charge in [-0.1, -0.05) is 36.4 Å². The molecule has 0 aliphatic carbocycles. The quantitative estimate of drug-likeness (QED) is 0.350. The molecule has 0 aliphatic rings. The zero-order valence-electron chi connectivity index (χ0n) is 17.2. The first-order chi connectivity index (χ1) is 15.5. The minimum Gasteiger partial charge on any atom is -0.453 e. The van der Waals surface area contributed by atoms with Gasteiger partial charge in [0.25, 0.3) is 5.56 Å². The number of ether oxygens (including phenoxy) is 1. The normalized spacial score (nSPS) is 12.3. The Labute approximate surface area is 181 Å². The monoisotopic (exact) mass is 425 g/mol. The zero-order valence-corrected chi connectivity index (χ0v) is 17.2. The number of hydrogen-bond acceptors (Lipinski definition) is 5. The van der Waals surface area contributed by atoms with Crippen molar-refractivity contribution in [3.63, 3.8) is 0 Å². The molecule has 7 heteroatoms. The van der Waals surface area contributed by atoms with Crippen molar-refractivity contribution in [1.29, 1.82) is 0 Å². The first-order valence-corrected chi connectivity index (χ1v) is 10.2. The van der Waals surface area contributed by atoms with E-state index < -0.39 is 12.1 Å². The second-order valence-electron chi connectivity index (χ2n) is 7.55. The SMILES string of the molecule is CC(OC(=O)Cn1c2ccccc2c(=O)c2ccccc21)c1nc2ccccc2c(=O)[nH]1. The molecule has 0 saturated carbocycles. The number of nitrogens with one attached hydrogen (secondary N) is 1. The molecule has 5 aromatic rings. The zero-order chi connectivity index (χ0) is 22.2. The summed E-state index contributed by atoms with van der Waals surface area (Å²) in [5.74, 6) is -0.232. The number of H-pyrrole nitrogens is 1. The summed E-state index contributed by atoms with van der Waals surface area (Å²) in [4.78, 5) is 45.2. The molecule has 5 rings (SSSR count). The standard InChI is InChI=1S/C25H19N3O4/c1-15(24-26-19-11-5-2-8-16(19)25(31)27-24)32-22(29)14-28-20-12-6-3-9-17(20)23(30)18-10-4-7-13-21(18)28/h2-13,15H,14H2,1H3,(H,26,27,31). The van der Waals surface area contributed by atoms with Crippen LogP contribution in [0.4, 0.5) is 0 Å². The Hall–Kier alpha value is -4.26. The van der Waals surface area contributed by atoms with E-state index >= 15 is 0 Å². The van der Waals surface area contributed by atoms with Gasteiger partial charge in [-0.3, -0.25) is 14.4 Å². The third-order valence-electron chi connectivity index (χ3n) is 5.49. The minimum atomic E-state index is -0.753. The average molecular weight is 425 g/mol. The number of fused-ring (bicyclic) bond motifs is 3. The Bertz CT molecular complexity index is 1560. The molecule has 0 fully saturated rings. The number of carbonyl (C=O) groups is 1. The molecule has 1 unspecified atom stereocenters. The average Bonchev–Trinajstić information content (AvgIpc) is 2.81. The van der Waals surface area contributed by atoms with Crippen molar-refractivity contribution in [3.05, 3.63) is 99.2 Å². The Kier molecular flexibility index (Phi) is 4.78. The number of carbonyl (C=O) groups excluding carboxylic acids is 1. The van der Waals surface area contributed by atoms with Gasteiger partial charge in [-0.15, -0.1) is 0 Å². The molecule has 0 radical (unpaired) electrons. The van der Waals surface area contributed by atoms with Crippen molar-refractivity contribution >= 4 is 38.7 Å². The van der Waals surface area contributed by atoms with E-state index in [1.54, 1.807) is 60.0 Å². The van der Waals surface area contributed by atoms with Gasteiger partial charge in [0.2, 0.25) is 0 Å². The molecule has 1 atom stereocenters. The predicted octanol–water partition coefficient (Wildman–Crippen LogP) is 3.70. The van der Waals surface area contributed by atoms with Gasteiger partial charge in [-0.2, -0.15) is 0 Å². The number of para-hydroxylation sites is 3. The maximum absolute atomic E-state index is 12.9. The van der Waals surface area contributed by atoms with Crippen LogP contribution in [0.3, 0.4) is 0 Å². The highest BCUT2D eigenvalue weighted by Gasteiger charge is 2.18. The second kappa shape index (κ2) is 7.77. The fourth-order valence-electron chi connectivity index (χ4n) is 3.96. The lowest BCUT2D eigenvalue weighted by Crippen LogP contribution is -2.21. The Morgan fingerprint density at radius 1 is 0.906 bits per heavy atom. The minimum absolute atomic E-state index is 0.0767. The fourth-order valence-corrected chi connectivity index (χ4v) is 3.96. The highest BCUT2D eigenvalue weighted by Crippen LogP contribution is 2.20. The van der Waals surface area contributed by atoms with Gasteiger partial charge in [-0.25, -0.2) is 4.98 Å². The highest BCUT2D eigenvalue weighted by molar-refractivity contribution is 5.94. The van der Waals surface area contributed by atoms with Crippen LogP contribution in [-0.2, 0) is 16.1 Å². The lowest BCUT2D eigenvalue weighted by Gasteiger charge is -2.17. The van der Waals surface area contributed by atoms with E-state index in [9.17, 15) is 14.4 Å². The lowest BCUT2D eigenvalue weighted by molar-refractivity contribution is -0.149. The summed E-state index contributed by atoms with van der Waals surface area (Å²) in [7, 11) is 0. The Morgan fingerprint density at radius 2 is 1.47 bits per heavy atom. The van der Waals surface area contributed by atoms with Crippen LogP contribution in [0, 0.1) is 0 Å². The number of aromatic nitrogens is 3. The van der Waals surface area contributed by atoms with Gasteiger partial charge in [0.05, 0.1) is 21.9 Å². The predicted molar refractivity (Wildman–Crippen MR) is 123 cm³/mol. The number of pyridine rings is 1. The molecule has 158 valence electrons. The van der Waals surface area contributed by atoms with Crippen LogP contribution in [0.25, 0.3) is 32.7 Å². The summed E-state index contributed by atoms with van der Waals surface area (Å²) >= 11 is 0. The van der Waals surface area contributed by atoms with Crippen molar-refractivity contribution in [2.45, 2.75) is 19.6 Å². The maximum atomic E-state index is 12.9. The van der Waals surface area contributed by atoms with Crippen LogP contribution in [0.2, 0.25) is 0 Å². The van der Waals surface area contributed by atoms with E-state index in [4.69, 9.17) is 4.74 Å². The number of esters is 1. The molecule has 0 aliphatic heterocycles. The Balaban J connectivity index is 1.50. The van der Waals surface area contributed by atoms with Gasteiger partial charge in [0.1, 0.15) is 6.54 Å². The second-order valence-corrected chi connectivity index (χ2v) is 7.55. The van der Waals surface area contributed by atoms with Gasteiger partial charge in [0.15, 0.2) is 17.4 Å². The van der Waals surface area contributed by atoms with Gasteiger partial charge in [-0.05, 0) is 43.3 Å². The summed E-state index contributed by atoms with van der Waals surface area (Å²) in [5.41, 5.74) is 1.47. The molecule has 3 aromatic carbocycles. The largest absolute Gasteiger partial charge is 0.453 e. The van der Waals surface area contributed by atoms with Crippen LogP contribution in [0.1, 0.15) is 18.9 Å². The van der Waals surface area contributed by atoms with E-state index in [-0.39, 0.29) is 23.4 Å². The third-order valence-corrected chi connectivity index (χ3v) is 5.49. The van der Waals surface area contributed by atoms with Crippen molar-refractivity contribution in [3.8, 4) is 0 Å². The topological polar surface area (TPSA) is 94.0 Å². The van der Waals surface area contributed by atoms with E-state index in [2.05, 4.69) is 9.97 Å². The molecule has 1 N–H and O–H groups in total. The van der Waals surface area contributed by atoms with Crippen LogP contribution in [-0.4, -0.2) is 20.5 Å². The first kappa shape index (κ1) is 19.7. The molecule has 2 heterocycles. The third kappa shape index (κ3) is 3.33. The van der Waals surface area contributed by atoms with E-state index in [0.29, 0.717) is 32.7 Å².